The SMILES string of the molecule is CCNCc1cc(S(=O)(=O)NCc2cnc[nH]2)c[nH]1. The van der Waals surface area contributed by atoms with E-state index in [0.717, 1.165) is 12.2 Å². The normalized spacial score (nSPS) is 11.8. The second-order valence-corrected chi connectivity index (χ2v) is 5.81. The van der Waals surface area contributed by atoms with E-state index in [-0.39, 0.29) is 11.4 Å². The molecule has 0 fully saturated rings. The van der Waals surface area contributed by atoms with Gasteiger partial charge in [-0.2, -0.15) is 0 Å². The Morgan fingerprint density at radius 1 is 1.26 bits per heavy atom. The van der Waals surface area contributed by atoms with E-state index in [1.807, 2.05) is 6.92 Å². The summed E-state index contributed by atoms with van der Waals surface area (Å²) >= 11 is 0. The van der Waals surface area contributed by atoms with Crippen molar-refractivity contribution in [2.75, 3.05) is 6.54 Å². The quantitative estimate of drug-likeness (QED) is 0.588. The van der Waals surface area contributed by atoms with Crippen LogP contribution in [0.2, 0.25) is 0 Å². The van der Waals surface area contributed by atoms with Gasteiger partial charge in [-0.05, 0) is 12.6 Å². The summed E-state index contributed by atoms with van der Waals surface area (Å²) in [6, 6.07) is 1.62. The van der Waals surface area contributed by atoms with Crippen LogP contribution in [0.15, 0.2) is 29.7 Å². The smallest absolute Gasteiger partial charge is 0.242 e. The topological polar surface area (TPSA) is 103 Å². The van der Waals surface area contributed by atoms with Gasteiger partial charge in [0, 0.05) is 30.3 Å². The van der Waals surface area contributed by atoms with Crippen molar-refractivity contribution < 1.29 is 8.42 Å². The van der Waals surface area contributed by atoms with E-state index in [0.29, 0.717) is 12.2 Å². The average molecular weight is 283 g/mol. The number of H-pyrrole nitrogens is 2. The molecule has 0 aliphatic heterocycles. The Hall–Kier alpha value is -1.64. The molecule has 0 amide bonds. The van der Waals surface area contributed by atoms with Crippen LogP contribution in [0.3, 0.4) is 0 Å². The molecule has 0 saturated carbocycles. The summed E-state index contributed by atoms with van der Waals surface area (Å²) in [5, 5.41) is 3.12. The molecule has 0 aliphatic rings. The highest BCUT2D eigenvalue weighted by molar-refractivity contribution is 7.89. The minimum absolute atomic E-state index is 0.191. The summed E-state index contributed by atoms with van der Waals surface area (Å²) in [5.74, 6) is 0. The molecule has 0 saturated heterocycles. The van der Waals surface area contributed by atoms with Gasteiger partial charge in [0.1, 0.15) is 0 Å². The van der Waals surface area contributed by atoms with Crippen LogP contribution in [0.1, 0.15) is 18.3 Å². The summed E-state index contributed by atoms with van der Waals surface area (Å²) in [4.78, 5) is 9.84. The molecule has 2 aromatic heterocycles. The van der Waals surface area contributed by atoms with Gasteiger partial charge in [-0.3, -0.25) is 0 Å². The molecule has 0 atom stereocenters. The molecule has 104 valence electrons. The lowest BCUT2D eigenvalue weighted by Gasteiger charge is -2.02. The number of sulfonamides is 1. The molecule has 7 nitrogen and oxygen atoms in total. The number of nitrogens with one attached hydrogen (secondary N) is 4. The van der Waals surface area contributed by atoms with Crippen molar-refractivity contribution >= 4 is 10.0 Å². The van der Waals surface area contributed by atoms with Crippen LogP contribution in [0, 0.1) is 0 Å². The maximum Gasteiger partial charge on any atom is 0.242 e. The first-order valence-electron chi connectivity index (χ1n) is 5.96. The lowest BCUT2D eigenvalue weighted by molar-refractivity contribution is 0.580. The van der Waals surface area contributed by atoms with Crippen molar-refractivity contribution in [2.45, 2.75) is 24.9 Å². The van der Waals surface area contributed by atoms with Gasteiger partial charge in [0.05, 0.1) is 17.8 Å². The largest absolute Gasteiger partial charge is 0.363 e. The second-order valence-electron chi connectivity index (χ2n) is 4.04. The standard InChI is InChI=1S/C11H17N5O2S/c1-2-12-4-9-3-11(7-14-9)19(17,18)16-6-10-5-13-8-15-10/h3,5,7-8,12,14,16H,2,4,6H2,1H3,(H,13,15). The molecule has 0 aliphatic carbocycles. The highest BCUT2D eigenvalue weighted by atomic mass is 32.2. The highest BCUT2D eigenvalue weighted by Crippen LogP contribution is 2.11. The van der Waals surface area contributed by atoms with Gasteiger partial charge in [-0.15, -0.1) is 0 Å². The summed E-state index contributed by atoms with van der Waals surface area (Å²) in [6.07, 6.45) is 4.58. The number of hydrogen-bond acceptors (Lipinski definition) is 4. The van der Waals surface area contributed by atoms with E-state index in [1.165, 1.54) is 12.5 Å². The highest BCUT2D eigenvalue weighted by Gasteiger charge is 2.15. The minimum atomic E-state index is -3.50. The molecular formula is C11H17N5O2S. The monoisotopic (exact) mass is 283 g/mol. The molecule has 0 aromatic carbocycles. The molecule has 0 bridgehead atoms. The molecule has 2 rings (SSSR count). The van der Waals surface area contributed by atoms with E-state index in [4.69, 9.17) is 0 Å². The van der Waals surface area contributed by atoms with E-state index < -0.39 is 10.0 Å². The van der Waals surface area contributed by atoms with Crippen LogP contribution in [-0.4, -0.2) is 29.9 Å². The van der Waals surface area contributed by atoms with Crippen LogP contribution < -0.4 is 10.0 Å². The number of aromatic amines is 2. The number of aromatic nitrogens is 3. The Morgan fingerprint density at radius 2 is 2.11 bits per heavy atom. The third-order valence-corrected chi connectivity index (χ3v) is 3.98. The number of rotatable bonds is 7. The van der Waals surface area contributed by atoms with E-state index in [1.54, 1.807) is 12.3 Å². The molecule has 0 spiro atoms. The van der Waals surface area contributed by atoms with Crippen LogP contribution in [-0.2, 0) is 23.1 Å². The zero-order valence-corrected chi connectivity index (χ0v) is 11.4. The van der Waals surface area contributed by atoms with Crippen molar-refractivity contribution in [3.63, 3.8) is 0 Å². The Balaban J connectivity index is 2.00. The fourth-order valence-electron chi connectivity index (χ4n) is 1.57. The van der Waals surface area contributed by atoms with Crippen molar-refractivity contribution in [1.29, 1.82) is 0 Å². The van der Waals surface area contributed by atoms with Crippen LogP contribution >= 0.6 is 0 Å². The molecule has 2 aromatic rings. The third kappa shape index (κ3) is 3.66. The van der Waals surface area contributed by atoms with Crippen molar-refractivity contribution in [2.24, 2.45) is 0 Å². The molecule has 4 N–H and O–H groups in total. The van der Waals surface area contributed by atoms with Gasteiger partial charge < -0.3 is 15.3 Å². The average Bonchev–Trinajstić information content (AvgIpc) is 3.05. The van der Waals surface area contributed by atoms with E-state index in [2.05, 4.69) is 25.0 Å². The van der Waals surface area contributed by atoms with Gasteiger partial charge in [0.25, 0.3) is 0 Å². The van der Waals surface area contributed by atoms with Crippen molar-refractivity contribution in [1.82, 2.24) is 25.0 Å². The van der Waals surface area contributed by atoms with Crippen LogP contribution in [0.4, 0.5) is 0 Å². The molecule has 0 radical (unpaired) electrons. The Bertz CT molecular complexity index is 603. The first kappa shape index (κ1) is 13.8. The van der Waals surface area contributed by atoms with Crippen LogP contribution in [0.5, 0.6) is 0 Å². The second kappa shape index (κ2) is 6.00. The van der Waals surface area contributed by atoms with Gasteiger partial charge in [0.15, 0.2) is 0 Å². The summed E-state index contributed by atoms with van der Waals surface area (Å²) in [6.45, 7) is 3.63. The fourth-order valence-corrected chi connectivity index (χ4v) is 2.60. The number of hydrogen-bond donors (Lipinski definition) is 4. The predicted molar refractivity (Wildman–Crippen MR) is 70.8 cm³/mol. The lowest BCUT2D eigenvalue weighted by atomic mass is 10.4. The minimum Gasteiger partial charge on any atom is -0.363 e. The van der Waals surface area contributed by atoms with Gasteiger partial charge in [-0.25, -0.2) is 18.1 Å². The third-order valence-electron chi connectivity index (χ3n) is 2.60. The zero-order valence-electron chi connectivity index (χ0n) is 10.6. The summed E-state index contributed by atoms with van der Waals surface area (Å²) in [7, 11) is -3.50. The Morgan fingerprint density at radius 3 is 2.79 bits per heavy atom. The fraction of sp³-hybridized carbons (Fsp3) is 0.364. The molecule has 0 unspecified atom stereocenters. The van der Waals surface area contributed by atoms with Crippen molar-refractivity contribution in [3.8, 4) is 0 Å². The maximum atomic E-state index is 12.0. The zero-order chi connectivity index (χ0) is 13.7. The molecular weight excluding hydrogens is 266 g/mol. The first-order chi connectivity index (χ1) is 9.12. The number of nitrogens with zero attached hydrogens (tertiary/aromatic N) is 1. The van der Waals surface area contributed by atoms with Gasteiger partial charge >= 0.3 is 0 Å². The Kier molecular flexibility index (Phi) is 4.35. The summed E-state index contributed by atoms with van der Waals surface area (Å²) in [5.41, 5.74) is 1.55. The lowest BCUT2D eigenvalue weighted by Crippen LogP contribution is -2.23. The Labute approximate surface area is 111 Å². The maximum absolute atomic E-state index is 12.0. The van der Waals surface area contributed by atoms with Crippen molar-refractivity contribution in [3.05, 3.63) is 36.2 Å². The molecule has 8 heteroatoms. The predicted octanol–water partition coefficient (Wildman–Crippen LogP) is 0.326. The number of imidazole rings is 1. The molecule has 19 heavy (non-hydrogen) atoms. The van der Waals surface area contributed by atoms with Gasteiger partial charge in [-0.1, -0.05) is 6.92 Å². The first-order valence-corrected chi connectivity index (χ1v) is 7.45. The van der Waals surface area contributed by atoms with Gasteiger partial charge in [0.2, 0.25) is 10.0 Å². The van der Waals surface area contributed by atoms with E-state index >= 15 is 0 Å². The van der Waals surface area contributed by atoms with E-state index in [9.17, 15) is 8.42 Å². The molecule has 2 heterocycles. The van der Waals surface area contributed by atoms with Crippen LogP contribution in [0.25, 0.3) is 0 Å². The summed E-state index contributed by atoms with van der Waals surface area (Å²) < 4.78 is 26.6.